The number of pyridine rings is 1. The van der Waals surface area contributed by atoms with Crippen molar-refractivity contribution < 1.29 is 14.7 Å². The number of aliphatic hydroxyl groups is 1. The van der Waals surface area contributed by atoms with Crippen molar-refractivity contribution in [1.29, 1.82) is 0 Å². The molecule has 2 aliphatic heterocycles. The minimum absolute atomic E-state index is 0.0652. The van der Waals surface area contributed by atoms with Gasteiger partial charge in [0.05, 0.1) is 18.3 Å². The van der Waals surface area contributed by atoms with E-state index in [1.807, 2.05) is 23.2 Å². The molecule has 0 saturated carbocycles. The standard InChI is InChI=1S/C28H36ClN5O3/c29-22-5-6-23-21(17-22)4-3-20-2-1-9-31-26(20)27(23)33-14-12-32(13-15-33)25(36)16-19-7-10-34(11-8-19)28(37)24(30)18-35/h1-2,5-6,9,17,19,24,27,35H,3-4,7-8,10-16,18,30H2/t24-,27?/m0/s1. The second-order valence-corrected chi connectivity index (χ2v) is 10.9. The van der Waals surface area contributed by atoms with E-state index in [1.165, 1.54) is 16.7 Å². The summed E-state index contributed by atoms with van der Waals surface area (Å²) in [4.78, 5) is 36.4. The molecule has 1 aromatic carbocycles. The Balaban J connectivity index is 1.20. The molecule has 3 N–H and O–H groups in total. The molecule has 2 aromatic rings. The summed E-state index contributed by atoms with van der Waals surface area (Å²) in [5.74, 6) is 0.263. The summed E-state index contributed by atoms with van der Waals surface area (Å²) in [7, 11) is 0. The highest BCUT2D eigenvalue weighted by molar-refractivity contribution is 6.30. The van der Waals surface area contributed by atoms with E-state index >= 15 is 0 Å². The molecule has 9 heteroatoms. The maximum absolute atomic E-state index is 13.2. The zero-order valence-electron chi connectivity index (χ0n) is 21.2. The van der Waals surface area contributed by atoms with Gasteiger partial charge in [-0.1, -0.05) is 23.7 Å². The van der Waals surface area contributed by atoms with Crippen molar-refractivity contribution >= 4 is 23.4 Å². The zero-order valence-corrected chi connectivity index (χ0v) is 21.9. The molecule has 1 unspecified atom stereocenters. The van der Waals surface area contributed by atoms with Crippen molar-refractivity contribution in [2.75, 3.05) is 45.9 Å². The maximum atomic E-state index is 13.2. The van der Waals surface area contributed by atoms with Gasteiger partial charge >= 0.3 is 0 Å². The van der Waals surface area contributed by atoms with Crippen LogP contribution in [0.4, 0.5) is 0 Å². The van der Waals surface area contributed by atoms with Gasteiger partial charge in [-0.3, -0.25) is 19.5 Å². The Morgan fingerprint density at radius 2 is 1.76 bits per heavy atom. The minimum atomic E-state index is -0.853. The molecule has 3 heterocycles. The third kappa shape index (κ3) is 5.67. The molecule has 0 bridgehead atoms. The van der Waals surface area contributed by atoms with E-state index in [-0.39, 0.29) is 30.4 Å². The first kappa shape index (κ1) is 26.1. The Hall–Kier alpha value is -2.52. The average Bonchev–Trinajstić information content (AvgIpc) is 3.09. The number of rotatable bonds is 5. The van der Waals surface area contributed by atoms with Crippen molar-refractivity contribution in [1.82, 2.24) is 19.7 Å². The summed E-state index contributed by atoms with van der Waals surface area (Å²) in [5, 5.41) is 9.90. The van der Waals surface area contributed by atoms with Gasteiger partial charge in [0.15, 0.2) is 0 Å². The fraction of sp³-hybridized carbons (Fsp3) is 0.536. The number of hydrogen-bond donors (Lipinski definition) is 2. The van der Waals surface area contributed by atoms with E-state index < -0.39 is 6.04 Å². The van der Waals surface area contributed by atoms with Crippen LogP contribution in [-0.2, 0) is 22.4 Å². The number of piperidine rings is 1. The molecule has 3 aliphatic rings. The lowest BCUT2D eigenvalue weighted by molar-refractivity contribution is -0.136. The van der Waals surface area contributed by atoms with E-state index in [0.29, 0.717) is 32.6 Å². The lowest BCUT2D eigenvalue weighted by Gasteiger charge is -2.40. The third-order valence-electron chi connectivity index (χ3n) is 8.18. The SMILES string of the molecule is N[C@@H](CO)C(=O)N1CCC(CC(=O)N2CCN(C3c4ccc(Cl)cc4CCc4cccnc43)CC2)CC1. The summed E-state index contributed by atoms with van der Waals surface area (Å²) in [6.45, 7) is 3.82. The van der Waals surface area contributed by atoms with E-state index in [9.17, 15) is 9.59 Å². The first-order chi connectivity index (χ1) is 17.9. The molecule has 8 nitrogen and oxygen atoms in total. The van der Waals surface area contributed by atoms with Crippen LogP contribution in [0.15, 0.2) is 36.5 Å². The maximum Gasteiger partial charge on any atom is 0.241 e. The predicted octanol–water partition coefficient (Wildman–Crippen LogP) is 2.02. The molecule has 2 fully saturated rings. The Labute approximate surface area is 223 Å². The first-order valence-electron chi connectivity index (χ1n) is 13.3. The number of aryl methyl sites for hydroxylation is 2. The average molecular weight is 526 g/mol. The minimum Gasteiger partial charge on any atom is -0.394 e. The Kier molecular flexibility index (Phi) is 8.09. The van der Waals surface area contributed by atoms with Crippen molar-refractivity contribution in [2.24, 2.45) is 11.7 Å². The van der Waals surface area contributed by atoms with E-state index in [1.54, 1.807) is 4.90 Å². The highest BCUT2D eigenvalue weighted by atomic mass is 35.5. The molecule has 1 aromatic heterocycles. The number of nitrogens with two attached hydrogens (primary N) is 1. The summed E-state index contributed by atoms with van der Waals surface area (Å²) < 4.78 is 0. The van der Waals surface area contributed by atoms with Crippen molar-refractivity contribution in [3.8, 4) is 0 Å². The van der Waals surface area contributed by atoms with E-state index in [0.717, 1.165) is 49.5 Å². The lowest BCUT2D eigenvalue weighted by Crippen LogP contribution is -2.51. The molecule has 2 amide bonds. The second-order valence-electron chi connectivity index (χ2n) is 10.5. The predicted molar refractivity (Wildman–Crippen MR) is 142 cm³/mol. The number of aromatic nitrogens is 1. The Morgan fingerprint density at radius 3 is 2.49 bits per heavy atom. The van der Waals surface area contributed by atoms with Crippen LogP contribution in [0.5, 0.6) is 0 Å². The fourth-order valence-corrected chi connectivity index (χ4v) is 6.22. The van der Waals surface area contributed by atoms with Gasteiger partial charge in [-0.05, 0) is 66.5 Å². The highest BCUT2D eigenvalue weighted by Gasteiger charge is 2.34. The number of aliphatic hydroxyl groups excluding tert-OH is 1. The van der Waals surface area contributed by atoms with Crippen molar-refractivity contribution in [2.45, 2.75) is 44.2 Å². The van der Waals surface area contributed by atoms with E-state index in [2.05, 4.69) is 23.1 Å². The Bertz CT molecular complexity index is 1130. The van der Waals surface area contributed by atoms with Crippen LogP contribution in [0.25, 0.3) is 0 Å². The molecule has 1 aliphatic carbocycles. The number of hydrogen-bond acceptors (Lipinski definition) is 6. The first-order valence-corrected chi connectivity index (χ1v) is 13.7. The quantitative estimate of drug-likeness (QED) is 0.619. The second kappa shape index (κ2) is 11.5. The van der Waals surface area contributed by atoms with Gasteiger partial charge in [0.2, 0.25) is 11.8 Å². The fourth-order valence-electron chi connectivity index (χ4n) is 6.03. The molecule has 5 rings (SSSR count). The van der Waals surface area contributed by atoms with Crippen molar-refractivity contribution in [3.63, 3.8) is 0 Å². The summed E-state index contributed by atoms with van der Waals surface area (Å²) in [5.41, 5.74) is 10.6. The number of carbonyl (C=O) groups is 2. The molecule has 0 radical (unpaired) electrons. The largest absolute Gasteiger partial charge is 0.394 e. The van der Waals surface area contributed by atoms with Gasteiger partial charge in [-0.2, -0.15) is 0 Å². The molecule has 2 atom stereocenters. The molecule has 0 spiro atoms. The van der Waals surface area contributed by atoms with Crippen LogP contribution in [0.2, 0.25) is 5.02 Å². The number of likely N-dealkylation sites (tertiary alicyclic amines) is 1. The van der Waals surface area contributed by atoms with Gasteiger partial charge in [0, 0.05) is 56.9 Å². The number of benzene rings is 1. The van der Waals surface area contributed by atoms with Crippen molar-refractivity contribution in [3.05, 3.63) is 63.9 Å². The van der Waals surface area contributed by atoms with Crippen LogP contribution in [-0.4, -0.2) is 88.5 Å². The smallest absolute Gasteiger partial charge is 0.241 e. The number of halogens is 1. The third-order valence-corrected chi connectivity index (χ3v) is 8.42. The highest BCUT2D eigenvalue weighted by Crippen LogP contribution is 2.37. The van der Waals surface area contributed by atoms with Crippen LogP contribution in [0.1, 0.15) is 47.7 Å². The van der Waals surface area contributed by atoms with Gasteiger partial charge < -0.3 is 20.6 Å². The zero-order chi connectivity index (χ0) is 25.9. The number of carbonyl (C=O) groups excluding carboxylic acids is 2. The van der Waals surface area contributed by atoms with Gasteiger partial charge in [-0.15, -0.1) is 0 Å². The van der Waals surface area contributed by atoms with Gasteiger partial charge in [0.25, 0.3) is 0 Å². The monoisotopic (exact) mass is 525 g/mol. The normalized spacial score (nSPS) is 21.6. The molecule has 37 heavy (non-hydrogen) atoms. The molecule has 2 saturated heterocycles. The lowest BCUT2D eigenvalue weighted by atomic mass is 9.92. The van der Waals surface area contributed by atoms with Crippen LogP contribution >= 0.6 is 11.6 Å². The van der Waals surface area contributed by atoms with E-state index in [4.69, 9.17) is 27.4 Å². The molecule has 198 valence electrons. The van der Waals surface area contributed by atoms with Crippen LogP contribution in [0, 0.1) is 5.92 Å². The molecular weight excluding hydrogens is 490 g/mol. The van der Waals surface area contributed by atoms with Crippen LogP contribution in [0.3, 0.4) is 0 Å². The summed E-state index contributed by atoms with van der Waals surface area (Å²) in [6.07, 6.45) is 5.87. The van der Waals surface area contributed by atoms with Crippen LogP contribution < -0.4 is 5.73 Å². The number of amides is 2. The molecular formula is C28H36ClN5O3. The number of piperazine rings is 1. The summed E-state index contributed by atoms with van der Waals surface area (Å²) >= 11 is 6.34. The van der Waals surface area contributed by atoms with Gasteiger partial charge in [-0.25, -0.2) is 0 Å². The summed E-state index contributed by atoms with van der Waals surface area (Å²) in [6, 6.07) is 9.61. The number of fused-ring (bicyclic) bond motifs is 2. The number of nitrogens with zero attached hydrogens (tertiary/aromatic N) is 4. The van der Waals surface area contributed by atoms with Gasteiger partial charge in [0.1, 0.15) is 6.04 Å². The Morgan fingerprint density at radius 1 is 1.03 bits per heavy atom. The topological polar surface area (TPSA) is 103 Å².